The maximum absolute atomic E-state index is 11.6. The average Bonchev–Trinajstić information content (AvgIpc) is 2.50. The van der Waals surface area contributed by atoms with Crippen LogP contribution in [0.5, 0.6) is 5.75 Å². The third kappa shape index (κ3) is 5.07. The fourth-order valence-corrected chi connectivity index (χ4v) is 1.82. The lowest BCUT2D eigenvalue weighted by Crippen LogP contribution is -2.34. The Hall–Kier alpha value is -2.08. The molecule has 1 rings (SSSR count). The van der Waals surface area contributed by atoms with Crippen LogP contribution < -0.4 is 15.8 Å². The van der Waals surface area contributed by atoms with Crippen molar-refractivity contribution in [2.24, 2.45) is 5.73 Å². The van der Waals surface area contributed by atoms with E-state index in [1.165, 1.54) is 4.90 Å². The molecule has 21 heavy (non-hydrogen) atoms. The smallest absolute Gasteiger partial charge is 0.259 e. The van der Waals surface area contributed by atoms with Gasteiger partial charge in [-0.3, -0.25) is 9.59 Å². The number of para-hydroxylation sites is 1. The molecular weight excluding hydrogens is 270 g/mol. The number of nitrogens with one attached hydrogen (secondary N) is 1. The maximum atomic E-state index is 11.6. The van der Waals surface area contributed by atoms with Gasteiger partial charge in [0.1, 0.15) is 5.75 Å². The molecule has 3 N–H and O–H groups in total. The van der Waals surface area contributed by atoms with Gasteiger partial charge in [-0.25, -0.2) is 0 Å². The molecule has 0 aliphatic heterocycles. The van der Waals surface area contributed by atoms with Gasteiger partial charge in [0.15, 0.2) is 6.61 Å². The van der Waals surface area contributed by atoms with E-state index >= 15 is 0 Å². The number of hydrogen-bond acceptors (Lipinski definition) is 4. The number of benzene rings is 1. The van der Waals surface area contributed by atoms with Crippen LogP contribution in [0.25, 0.3) is 0 Å². The minimum atomic E-state index is -0.221. The zero-order valence-corrected chi connectivity index (χ0v) is 12.8. The molecule has 0 saturated carbocycles. The summed E-state index contributed by atoms with van der Waals surface area (Å²) in [5.74, 6) is 0.252. The lowest BCUT2D eigenvalue weighted by molar-refractivity contribution is -0.130. The van der Waals surface area contributed by atoms with Crippen molar-refractivity contribution >= 4 is 11.8 Å². The third-order valence-corrected chi connectivity index (χ3v) is 3.07. The molecule has 0 bridgehead atoms. The van der Waals surface area contributed by atoms with Gasteiger partial charge in [0.25, 0.3) is 5.91 Å². The molecule has 1 unspecified atom stereocenters. The van der Waals surface area contributed by atoms with Crippen LogP contribution in [0.2, 0.25) is 0 Å². The van der Waals surface area contributed by atoms with E-state index in [2.05, 4.69) is 5.32 Å². The van der Waals surface area contributed by atoms with Gasteiger partial charge in [0.05, 0.1) is 12.6 Å². The summed E-state index contributed by atoms with van der Waals surface area (Å²) in [7, 11) is 3.35. The molecule has 0 heterocycles. The van der Waals surface area contributed by atoms with E-state index < -0.39 is 0 Å². The lowest BCUT2D eigenvalue weighted by Gasteiger charge is -2.20. The van der Waals surface area contributed by atoms with Crippen LogP contribution in [0.15, 0.2) is 24.3 Å². The van der Waals surface area contributed by atoms with Crippen LogP contribution in [0, 0.1) is 0 Å². The SMILES string of the molecule is CCC(NC(=O)CN)c1ccccc1OCC(=O)N(C)C. The zero-order chi connectivity index (χ0) is 15.8. The summed E-state index contributed by atoms with van der Waals surface area (Å²) in [6, 6.07) is 7.17. The summed E-state index contributed by atoms with van der Waals surface area (Å²) >= 11 is 0. The summed E-state index contributed by atoms with van der Waals surface area (Å²) in [6.07, 6.45) is 0.702. The molecule has 6 nitrogen and oxygen atoms in total. The van der Waals surface area contributed by atoms with Gasteiger partial charge in [-0.05, 0) is 12.5 Å². The van der Waals surface area contributed by atoms with E-state index in [0.29, 0.717) is 12.2 Å². The second kappa shape index (κ2) is 8.26. The third-order valence-electron chi connectivity index (χ3n) is 3.07. The molecule has 116 valence electrons. The van der Waals surface area contributed by atoms with Crippen molar-refractivity contribution in [3.8, 4) is 5.75 Å². The number of hydrogen-bond donors (Lipinski definition) is 2. The van der Waals surface area contributed by atoms with Crippen LogP contribution in [0.3, 0.4) is 0 Å². The number of rotatable bonds is 7. The van der Waals surface area contributed by atoms with Crippen molar-refractivity contribution in [1.82, 2.24) is 10.2 Å². The first-order valence-electron chi connectivity index (χ1n) is 6.90. The Morgan fingerprint density at radius 1 is 1.33 bits per heavy atom. The number of nitrogens with two attached hydrogens (primary N) is 1. The summed E-state index contributed by atoms with van der Waals surface area (Å²) < 4.78 is 5.58. The largest absolute Gasteiger partial charge is 0.483 e. The van der Waals surface area contributed by atoms with Crippen molar-refractivity contribution in [2.45, 2.75) is 19.4 Å². The number of carbonyl (C=O) groups excluding carboxylic acids is 2. The fraction of sp³-hybridized carbons (Fsp3) is 0.467. The van der Waals surface area contributed by atoms with E-state index in [4.69, 9.17) is 10.5 Å². The Kier molecular flexibility index (Phi) is 6.68. The molecule has 0 aromatic heterocycles. The highest BCUT2D eigenvalue weighted by molar-refractivity contribution is 5.78. The topological polar surface area (TPSA) is 84.7 Å². The van der Waals surface area contributed by atoms with Gasteiger partial charge in [-0.15, -0.1) is 0 Å². The summed E-state index contributed by atoms with van der Waals surface area (Å²) in [6.45, 7) is 1.87. The molecule has 0 aliphatic rings. The van der Waals surface area contributed by atoms with Crippen molar-refractivity contribution in [1.29, 1.82) is 0 Å². The average molecular weight is 293 g/mol. The first-order chi connectivity index (χ1) is 9.99. The Morgan fingerprint density at radius 3 is 2.57 bits per heavy atom. The molecule has 1 aromatic rings. The van der Waals surface area contributed by atoms with Crippen molar-refractivity contribution in [2.75, 3.05) is 27.2 Å². The number of likely N-dealkylation sites (N-methyl/N-ethyl adjacent to an activating group) is 1. The molecular formula is C15H23N3O3. The molecule has 1 atom stereocenters. The van der Waals surface area contributed by atoms with Gasteiger partial charge in [0.2, 0.25) is 5.91 Å². The predicted molar refractivity (Wildman–Crippen MR) is 80.9 cm³/mol. The van der Waals surface area contributed by atoms with E-state index in [0.717, 1.165) is 5.56 Å². The first-order valence-corrected chi connectivity index (χ1v) is 6.90. The van der Waals surface area contributed by atoms with Crippen molar-refractivity contribution in [3.05, 3.63) is 29.8 Å². The summed E-state index contributed by atoms with van der Waals surface area (Å²) in [4.78, 5) is 24.6. The van der Waals surface area contributed by atoms with E-state index in [-0.39, 0.29) is 31.0 Å². The van der Waals surface area contributed by atoms with Crippen molar-refractivity contribution in [3.63, 3.8) is 0 Å². The van der Waals surface area contributed by atoms with Crippen LogP contribution in [-0.4, -0.2) is 44.0 Å². The molecule has 0 spiro atoms. The molecule has 1 aromatic carbocycles. The summed E-state index contributed by atoms with van der Waals surface area (Å²) in [5, 5.41) is 2.84. The second-order valence-electron chi connectivity index (χ2n) is 4.85. The van der Waals surface area contributed by atoms with Gasteiger partial charge in [0, 0.05) is 19.7 Å². The quantitative estimate of drug-likeness (QED) is 0.774. The fourth-order valence-electron chi connectivity index (χ4n) is 1.82. The Balaban J connectivity index is 2.86. The van der Waals surface area contributed by atoms with E-state index in [1.807, 2.05) is 25.1 Å². The Morgan fingerprint density at radius 2 is 2.00 bits per heavy atom. The predicted octanol–water partition coefficient (Wildman–Crippen LogP) is 0.680. The Bertz CT molecular complexity index is 489. The van der Waals surface area contributed by atoms with Gasteiger partial charge >= 0.3 is 0 Å². The highest BCUT2D eigenvalue weighted by Crippen LogP contribution is 2.27. The standard InChI is InChI=1S/C15H23N3O3/c1-4-12(17-14(19)9-16)11-7-5-6-8-13(11)21-10-15(20)18(2)3/h5-8,12H,4,9-10,16H2,1-3H3,(H,17,19). The molecule has 0 saturated heterocycles. The number of amides is 2. The van der Waals surface area contributed by atoms with Crippen molar-refractivity contribution < 1.29 is 14.3 Å². The van der Waals surface area contributed by atoms with Crippen LogP contribution in [0.4, 0.5) is 0 Å². The number of nitrogens with zero attached hydrogens (tertiary/aromatic N) is 1. The van der Waals surface area contributed by atoms with E-state index in [9.17, 15) is 9.59 Å². The number of ether oxygens (including phenoxy) is 1. The highest BCUT2D eigenvalue weighted by atomic mass is 16.5. The molecule has 0 aliphatic carbocycles. The zero-order valence-electron chi connectivity index (χ0n) is 12.8. The van der Waals surface area contributed by atoms with E-state index in [1.54, 1.807) is 20.2 Å². The second-order valence-corrected chi connectivity index (χ2v) is 4.85. The normalized spacial score (nSPS) is 11.6. The first kappa shape index (κ1) is 17.0. The summed E-state index contributed by atoms with van der Waals surface area (Å²) in [5.41, 5.74) is 6.17. The van der Waals surface area contributed by atoms with Crippen LogP contribution in [0.1, 0.15) is 24.9 Å². The maximum Gasteiger partial charge on any atom is 0.259 e. The number of carbonyl (C=O) groups is 2. The monoisotopic (exact) mass is 293 g/mol. The molecule has 2 amide bonds. The molecule has 6 heteroatoms. The minimum Gasteiger partial charge on any atom is -0.483 e. The molecule has 0 fully saturated rings. The Labute approximate surface area is 125 Å². The van der Waals surface area contributed by atoms with Crippen LogP contribution >= 0.6 is 0 Å². The molecule has 0 radical (unpaired) electrons. The van der Waals surface area contributed by atoms with Gasteiger partial charge in [-0.1, -0.05) is 25.1 Å². The van der Waals surface area contributed by atoms with Crippen LogP contribution in [-0.2, 0) is 9.59 Å². The van der Waals surface area contributed by atoms with Gasteiger partial charge < -0.3 is 20.7 Å². The lowest BCUT2D eigenvalue weighted by atomic mass is 10.0. The minimum absolute atomic E-state index is 0.0364. The highest BCUT2D eigenvalue weighted by Gasteiger charge is 2.17. The van der Waals surface area contributed by atoms with Gasteiger partial charge in [-0.2, -0.15) is 0 Å².